The number of aromatic nitrogens is 3. The van der Waals surface area contributed by atoms with Gasteiger partial charge in [-0.1, -0.05) is 32.9 Å². The van der Waals surface area contributed by atoms with Crippen LogP contribution in [0, 0.1) is 0 Å². The predicted molar refractivity (Wildman–Crippen MR) is 86.9 cm³/mol. The van der Waals surface area contributed by atoms with Gasteiger partial charge in [0.1, 0.15) is 17.8 Å². The molecule has 0 bridgehead atoms. The van der Waals surface area contributed by atoms with Crippen molar-refractivity contribution in [3.63, 3.8) is 0 Å². The molecule has 0 unspecified atom stereocenters. The van der Waals surface area contributed by atoms with Gasteiger partial charge in [0.2, 0.25) is 0 Å². The number of hydrogen-bond donors (Lipinski definition) is 1. The number of nitrogens with zero attached hydrogens (tertiary/aromatic N) is 3. The minimum Gasteiger partial charge on any atom is -0.340 e. The molecule has 21 heavy (non-hydrogen) atoms. The molecule has 1 N–H and O–H groups in total. The zero-order chi connectivity index (χ0) is 15.0. The second-order valence-corrected chi connectivity index (χ2v) is 6.34. The van der Waals surface area contributed by atoms with Crippen LogP contribution in [0.3, 0.4) is 0 Å². The number of hydrogen-bond acceptors (Lipinski definition) is 3. The van der Waals surface area contributed by atoms with Crippen molar-refractivity contribution < 1.29 is 0 Å². The Morgan fingerprint density at radius 1 is 1.00 bits per heavy atom. The van der Waals surface area contributed by atoms with E-state index in [1.165, 1.54) is 5.56 Å². The summed E-state index contributed by atoms with van der Waals surface area (Å²) in [5.74, 6) is 0.837. The maximum Gasteiger partial charge on any atom is 0.145 e. The number of nitrogens with one attached hydrogen (secondary N) is 1. The minimum absolute atomic E-state index is 0.167. The SMILES string of the molecule is Cn1ccc2c(Nc3ccc(C(C)(C)C)cc3)ncnc21. The van der Waals surface area contributed by atoms with Crippen molar-refractivity contribution in [3.05, 3.63) is 48.4 Å². The first kappa shape index (κ1) is 13.6. The topological polar surface area (TPSA) is 42.7 Å². The fourth-order valence-electron chi connectivity index (χ4n) is 2.37. The molecule has 0 saturated heterocycles. The lowest BCUT2D eigenvalue weighted by atomic mass is 9.87. The molecule has 0 aliphatic carbocycles. The Morgan fingerprint density at radius 2 is 1.71 bits per heavy atom. The standard InChI is InChI=1S/C17H20N4/c1-17(2,3)12-5-7-13(8-6-12)20-15-14-9-10-21(4)16(14)19-11-18-15/h5-11H,1-4H3,(H,18,19,20). The van der Waals surface area contributed by atoms with Gasteiger partial charge in [-0.25, -0.2) is 9.97 Å². The molecule has 4 nitrogen and oxygen atoms in total. The normalized spacial score (nSPS) is 11.8. The van der Waals surface area contributed by atoms with Crippen LogP contribution >= 0.6 is 0 Å². The van der Waals surface area contributed by atoms with Crippen LogP contribution < -0.4 is 5.32 Å². The Morgan fingerprint density at radius 3 is 2.38 bits per heavy atom. The van der Waals surface area contributed by atoms with Gasteiger partial charge in [0, 0.05) is 18.9 Å². The Kier molecular flexibility index (Phi) is 3.16. The minimum atomic E-state index is 0.167. The highest BCUT2D eigenvalue weighted by atomic mass is 15.1. The molecule has 1 aromatic carbocycles. The Bertz CT molecular complexity index is 764. The average Bonchev–Trinajstić information content (AvgIpc) is 2.82. The lowest BCUT2D eigenvalue weighted by molar-refractivity contribution is 0.590. The highest BCUT2D eigenvalue weighted by Gasteiger charge is 2.13. The van der Waals surface area contributed by atoms with E-state index in [0.29, 0.717) is 0 Å². The van der Waals surface area contributed by atoms with Crippen molar-refractivity contribution in [2.75, 3.05) is 5.32 Å². The van der Waals surface area contributed by atoms with Crippen LogP contribution in [0.2, 0.25) is 0 Å². The van der Waals surface area contributed by atoms with E-state index in [1.54, 1.807) is 6.33 Å². The van der Waals surface area contributed by atoms with Gasteiger partial charge in [-0.2, -0.15) is 0 Å². The fraction of sp³-hybridized carbons (Fsp3) is 0.294. The maximum atomic E-state index is 4.35. The largest absolute Gasteiger partial charge is 0.340 e. The quantitative estimate of drug-likeness (QED) is 0.771. The van der Waals surface area contributed by atoms with Crippen LogP contribution in [-0.4, -0.2) is 14.5 Å². The molecule has 3 rings (SSSR count). The molecule has 2 aromatic heterocycles. The van der Waals surface area contributed by atoms with Gasteiger partial charge < -0.3 is 9.88 Å². The van der Waals surface area contributed by atoms with Gasteiger partial charge in [0.25, 0.3) is 0 Å². The van der Waals surface area contributed by atoms with Crippen LogP contribution in [0.25, 0.3) is 11.0 Å². The van der Waals surface area contributed by atoms with Gasteiger partial charge >= 0.3 is 0 Å². The monoisotopic (exact) mass is 280 g/mol. The predicted octanol–water partition coefficient (Wildman–Crippen LogP) is 4.01. The highest BCUT2D eigenvalue weighted by molar-refractivity contribution is 5.89. The first-order valence-corrected chi connectivity index (χ1v) is 7.09. The molecule has 0 aliphatic heterocycles. The molecule has 4 heteroatoms. The van der Waals surface area contributed by atoms with Gasteiger partial charge in [0.15, 0.2) is 0 Å². The molecule has 2 heterocycles. The molecule has 0 atom stereocenters. The van der Waals surface area contributed by atoms with Crippen molar-refractivity contribution in [3.8, 4) is 0 Å². The maximum absolute atomic E-state index is 4.35. The van der Waals surface area contributed by atoms with Crippen LogP contribution in [0.4, 0.5) is 11.5 Å². The zero-order valence-corrected chi connectivity index (χ0v) is 12.9. The summed E-state index contributed by atoms with van der Waals surface area (Å²) in [6, 6.07) is 10.5. The molecule has 0 amide bonds. The fourth-order valence-corrected chi connectivity index (χ4v) is 2.37. The third-order valence-corrected chi connectivity index (χ3v) is 3.68. The van der Waals surface area contributed by atoms with Crippen LogP contribution in [0.5, 0.6) is 0 Å². The van der Waals surface area contributed by atoms with E-state index in [-0.39, 0.29) is 5.41 Å². The molecular formula is C17H20N4. The summed E-state index contributed by atoms with van der Waals surface area (Å²) < 4.78 is 1.99. The summed E-state index contributed by atoms with van der Waals surface area (Å²) in [6.07, 6.45) is 3.58. The van der Waals surface area contributed by atoms with Crippen LogP contribution in [0.1, 0.15) is 26.3 Å². The van der Waals surface area contributed by atoms with E-state index in [9.17, 15) is 0 Å². The second kappa shape index (κ2) is 4.88. The van der Waals surface area contributed by atoms with Crippen LogP contribution in [0.15, 0.2) is 42.9 Å². The highest BCUT2D eigenvalue weighted by Crippen LogP contribution is 2.26. The third kappa shape index (κ3) is 2.61. The Labute approximate surface area is 124 Å². The van der Waals surface area contributed by atoms with E-state index in [2.05, 4.69) is 60.3 Å². The zero-order valence-electron chi connectivity index (χ0n) is 12.9. The molecule has 0 radical (unpaired) electrons. The molecule has 0 spiro atoms. The van der Waals surface area contributed by atoms with Crippen molar-refractivity contribution in [2.45, 2.75) is 26.2 Å². The smallest absolute Gasteiger partial charge is 0.145 e. The molecule has 0 saturated carbocycles. The summed E-state index contributed by atoms with van der Waals surface area (Å²) in [5, 5.41) is 4.40. The number of rotatable bonds is 2. The summed E-state index contributed by atoms with van der Waals surface area (Å²) >= 11 is 0. The van der Waals surface area contributed by atoms with Crippen molar-refractivity contribution >= 4 is 22.5 Å². The lowest BCUT2D eigenvalue weighted by Crippen LogP contribution is -2.10. The van der Waals surface area contributed by atoms with Crippen molar-refractivity contribution in [1.29, 1.82) is 0 Å². The van der Waals surface area contributed by atoms with Gasteiger partial charge in [-0.3, -0.25) is 0 Å². The first-order chi connectivity index (χ1) is 9.95. The number of fused-ring (bicyclic) bond motifs is 1. The van der Waals surface area contributed by atoms with Crippen molar-refractivity contribution in [1.82, 2.24) is 14.5 Å². The first-order valence-electron chi connectivity index (χ1n) is 7.09. The molecular weight excluding hydrogens is 260 g/mol. The molecule has 3 aromatic rings. The summed E-state index contributed by atoms with van der Waals surface area (Å²) in [7, 11) is 1.98. The molecule has 0 fully saturated rings. The van der Waals surface area contributed by atoms with Crippen molar-refractivity contribution in [2.24, 2.45) is 7.05 Å². The Hall–Kier alpha value is -2.36. The number of aryl methyl sites for hydroxylation is 1. The summed E-state index contributed by atoms with van der Waals surface area (Å²) in [4.78, 5) is 8.65. The van der Waals surface area contributed by atoms with Gasteiger partial charge in [0.05, 0.1) is 5.39 Å². The van der Waals surface area contributed by atoms with E-state index in [1.807, 2.05) is 23.9 Å². The van der Waals surface area contributed by atoms with E-state index < -0.39 is 0 Å². The third-order valence-electron chi connectivity index (χ3n) is 3.68. The summed E-state index contributed by atoms with van der Waals surface area (Å²) in [5.41, 5.74) is 3.45. The Balaban J connectivity index is 1.92. The van der Waals surface area contributed by atoms with E-state index >= 15 is 0 Å². The molecule has 0 aliphatic rings. The summed E-state index contributed by atoms with van der Waals surface area (Å²) in [6.45, 7) is 6.65. The number of anilines is 2. The second-order valence-electron chi connectivity index (χ2n) is 6.34. The number of benzene rings is 1. The average molecular weight is 280 g/mol. The molecule has 108 valence electrons. The van der Waals surface area contributed by atoms with Gasteiger partial charge in [-0.15, -0.1) is 0 Å². The van der Waals surface area contributed by atoms with Crippen LogP contribution in [-0.2, 0) is 12.5 Å². The van der Waals surface area contributed by atoms with E-state index in [0.717, 1.165) is 22.5 Å². The lowest BCUT2D eigenvalue weighted by Gasteiger charge is -2.19. The van der Waals surface area contributed by atoms with Gasteiger partial charge in [-0.05, 0) is 29.2 Å². The van der Waals surface area contributed by atoms with E-state index in [4.69, 9.17) is 0 Å².